The fourth-order valence-electron chi connectivity index (χ4n) is 1.57. The monoisotopic (exact) mass is 249 g/mol. The van der Waals surface area contributed by atoms with Gasteiger partial charge in [0, 0.05) is 32.9 Å². The summed E-state index contributed by atoms with van der Waals surface area (Å²) in [4.78, 5) is 13.5. The van der Waals surface area contributed by atoms with Gasteiger partial charge in [0.2, 0.25) is 0 Å². The Morgan fingerprint density at radius 1 is 1.28 bits per heavy atom. The topological polar surface area (TPSA) is 44.4 Å². The molecule has 0 aromatic heterocycles. The second-order valence-electron chi connectivity index (χ2n) is 4.53. The van der Waals surface area contributed by atoms with Gasteiger partial charge >= 0.3 is 6.03 Å². The average molecular weight is 249 g/mol. The number of amides is 2. The van der Waals surface area contributed by atoms with E-state index in [1.165, 1.54) is 0 Å². The van der Waals surface area contributed by atoms with Crippen LogP contribution in [0.1, 0.15) is 25.3 Å². The minimum absolute atomic E-state index is 0.0984. The first kappa shape index (κ1) is 14.4. The summed E-state index contributed by atoms with van der Waals surface area (Å²) < 4.78 is 0. The number of carbonyl (C=O) groups excluding carboxylic acids is 1. The lowest BCUT2D eigenvalue weighted by Gasteiger charge is -2.14. The van der Waals surface area contributed by atoms with Gasteiger partial charge < -0.3 is 15.5 Å². The van der Waals surface area contributed by atoms with Crippen molar-refractivity contribution in [3.8, 4) is 0 Å². The summed E-state index contributed by atoms with van der Waals surface area (Å²) in [5, 5.41) is 5.69. The number of benzene rings is 1. The summed E-state index contributed by atoms with van der Waals surface area (Å²) in [7, 11) is 4.01. The summed E-state index contributed by atoms with van der Waals surface area (Å²) in [6.07, 6.45) is 2.11. The van der Waals surface area contributed by atoms with E-state index in [1.54, 1.807) is 0 Å². The SMILES string of the molecule is CCCCNC(=O)NCc1cccc(N(C)C)c1. The fourth-order valence-corrected chi connectivity index (χ4v) is 1.57. The van der Waals surface area contributed by atoms with Crippen LogP contribution in [-0.2, 0) is 6.54 Å². The van der Waals surface area contributed by atoms with E-state index in [9.17, 15) is 4.79 Å². The highest BCUT2D eigenvalue weighted by atomic mass is 16.2. The van der Waals surface area contributed by atoms with Crippen LogP contribution in [0.2, 0.25) is 0 Å². The maximum atomic E-state index is 11.5. The van der Waals surface area contributed by atoms with Crippen molar-refractivity contribution in [2.75, 3.05) is 25.5 Å². The van der Waals surface area contributed by atoms with Crippen LogP contribution < -0.4 is 15.5 Å². The van der Waals surface area contributed by atoms with Crippen molar-refractivity contribution in [3.05, 3.63) is 29.8 Å². The van der Waals surface area contributed by atoms with E-state index >= 15 is 0 Å². The number of unbranched alkanes of at least 4 members (excludes halogenated alkanes) is 1. The van der Waals surface area contributed by atoms with Crippen molar-refractivity contribution in [1.82, 2.24) is 10.6 Å². The van der Waals surface area contributed by atoms with Crippen LogP contribution in [0.3, 0.4) is 0 Å². The van der Waals surface area contributed by atoms with E-state index in [-0.39, 0.29) is 6.03 Å². The molecule has 0 heterocycles. The smallest absolute Gasteiger partial charge is 0.315 e. The summed E-state index contributed by atoms with van der Waals surface area (Å²) in [5.41, 5.74) is 2.24. The van der Waals surface area contributed by atoms with Crippen LogP contribution in [-0.4, -0.2) is 26.7 Å². The number of urea groups is 1. The van der Waals surface area contributed by atoms with Gasteiger partial charge in [0.05, 0.1) is 0 Å². The van der Waals surface area contributed by atoms with Crippen LogP contribution in [0.25, 0.3) is 0 Å². The molecule has 0 aliphatic carbocycles. The predicted octanol–water partition coefficient (Wildman–Crippen LogP) is 2.35. The molecule has 0 atom stereocenters. The molecule has 0 radical (unpaired) electrons. The Kier molecular flexibility index (Phi) is 6.05. The third-order valence-corrected chi connectivity index (χ3v) is 2.70. The molecule has 1 aromatic carbocycles. The predicted molar refractivity (Wildman–Crippen MR) is 75.9 cm³/mol. The van der Waals surface area contributed by atoms with Crippen molar-refractivity contribution >= 4 is 11.7 Å². The van der Waals surface area contributed by atoms with Gasteiger partial charge in [-0.15, -0.1) is 0 Å². The molecule has 0 bridgehead atoms. The number of nitrogens with zero attached hydrogens (tertiary/aromatic N) is 1. The molecule has 0 spiro atoms. The number of anilines is 1. The molecule has 2 amide bonds. The second-order valence-corrected chi connectivity index (χ2v) is 4.53. The Hall–Kier alpha value is -1.71. The van der Waals surface area contributed by atoms with E-state index in [1.807, 2.05) is 37.2 Å². The van der Waals surface area contributed by atoms with Crippen molar-refractivity contribution in [3.63, 3.8) is 0 Å². The van der Waals surface area contributed by atoms with Crippen molar-refractivity contribution in [1.29, 1.82) is 0 Å². The molecule has 0 aliphatic rings. The summed E-state index contributed by atoms with van der Waals surface area (Å²) in [6, 6.07) is 8.04. The van der Waals surface area contributed by atoms with Crippen LogP contribution in [0.5, 0.6) is 0 Å². The maximum absolute atomic E-state index is 11.5. The number of hydrogen-bond donors (Lipinski definition) is 2. The lowest BCUT2D eigenvalue weighted by Crippen LogP contribution is -2.35. The van der Waals surface area contributed by atoms with Crippen LogP contribution in [0, 0.1) is 0 Å². The zero-order chi connectivity index (χ0) is 13.4. The number of hydrogen-bond acceptors (Lipinski definition) is 2. The number of rotatable bonds is 6. The Bertz CT molecular complexity index is 377. The van der Waals surface area contributed by atoms with Crippen molar-refractivity contribution in [2.45, 2.75) is 26.3 Å². The standard InChI is InChI=1S/C14H23N3O/c1-4-5-9-15-14(18)16-11-12-7-6-8-13(10-12)17(2)3/h6-8,10H,4-5,9,11H2,1-3H3,(H2,15,16,18). The molecule has 0 saturated carbocycles. The van der Waals surface area contributed by atoms with E-state index in [0.29, 0.717) is 6.54 Å². The van der Waals surface area contributed by atoms with Gasteiger partial charge in [-0.05, 0) is 24.1 Å². The molecule has 0 fully saturated rings. The Labute approximate surface area is 109 Å². The van der Waals surface area contributed by atoms with E-state index in [4.69, 9.17) is 0 Å². The van der Waals surface area contributed by atoms with Gasteiger partial charge in [0.1, 0.15) is 0 Å². The summed E-state index contributed by atoms with van der Waals surface area (Å²) >= 11 is 0. The van der Waals surface area contributed by atoms with Gasteiger partial charge in [0.25, 0.3) is 0 Å². The molecule has 2 N–H and O–H groups in total. The van der Waals surface area contributed by atoms with Crippen molar-refractivity contribution in [2.24, 2.45) is 0 Å². The molecule has 18 heavy (non-hydrogen) atoms. The number of carbonyl (C=O) groups is 1. The molecule has 1 aromatic rings. The first-order valence-electron chi connectivity index (χ1n) is 6.41. The van der Waals surface area contributed by atoms with E-state index in [2.05, 4.69) is 23.6 Å². The van der Waals surface area contributed by atoms with E-state index in [0.717, 1.165) is 30.6 Å². The lowest BCUT2D eigenvalue weighted by atomic mass is 10.2. The minimum Gasteiger partial charge on any atom is -0.378 e. The van der Waals surface area contributed by atoms with Gasteiger partial charge in [-0.3, -0.25) is 0 Å². The minimum atomic E-state index is -0.0984. The molecular weight excluding hydrogens is 226 g/mol. The third-order valence-electron chi connectivity index (χ3n) is 2.70. The van der Waals surface area contributed by atoms with Crippen molar-refractivity contribution < 1.29 is 4.79 Å². The maximum Gasteiger partial charge on any atom is 0.315 e. The highest BCUT2D eigenvalue weighted by molar-refractivity contribution is 5.73. The Balaban J connectivity index is 2.38. The zero-order valence-electron chi connectivity index (χ0n) is 11.5. The molecule has 0 saturated heterocycles. The normalized spacial score (nSPS) is 9.94. The zero-order valence-corrected chi connectivity index (χ0v) is 11.5. The van der Waals surface area contributed by atoms with Crippen LogP contribution in [0.15, 0.2) is 24.3 Å². The first-order chi connectivity index (χ1) is 8.63. The largest absolute Gasteiger partial charge is 0.378 e. The van der Waals surface area contributed by atoms with Gasteiger partial charge in [-0.1, -0.05) is 25.5 Å². The fraction of sp³-hybridized carbons (Fsp3) is 0.500. The average Bonchev–Trinajstić information content (AvgIpc) is 2.37. The molecular formula is C14H23N3O. The van der Waals surface area contributed by atoms with Crippen LogP contribution in [0.4, 0.5) is 10.5 Å². The van der Waals surface area contributed by atoms with Gasteiger partial charge in [0.15, 0.2) is 0 Å². The summed E-state index contributed by atoms with van der Waals surface area (Å²) in [6.45, 7) is 3.39. The van der Waals surface area contributed by atoms with E-state index < -0.39 is 0 Å². The molecule has 0 aliphatic heterocycles. The summed E-state index contributed by atoms with van der Waals surface area (Å²) in [5.74, 6) is 0. The highest BCUT2D eigenvalue weighted by Gasteiger charge is 2.01. The van der Waals surface area contributed by atoms with Gasteiger partial charge in [-0.25, -0.2) is 4.79 Å². The molecule has 4 nitrogen and oxygen atoms in total. The van der Waals surface area contributed by atoms with Gasteiger partial charge in [-0.2, -0.15) is 0 Å². The quantitative estimate of drug-likeness (QED) is 0.760. The third kappa shape index (κ3) is 5.08. The molecule has 100 valence electrons. The lowest BCUT2D eigenvalue weighted by molar-refractivity contribution is 0.240. The number of nitrogens with one attached hydrogen (secondary N) is 2. The molecule has 4 heteroatoms. The highest BCUT2D eigenvalue weighted by Crippen LogP contribution is 2.12. The Morgan fingerprint density at radius 2 is 2.06 bits per heavy atom. The van der Waals surface area contributed by atoms with Crippen LogP contribution >= 0.6 is 0 Å². The Morgan fingerprint density at radius 3 is 2.72 bits per heavy atom. The first-order valence-corrected chi connectivity index (χ1v) is 6.41. The second kappa shape index (κ2) is 7.58. The molecule has 1 rings (SSSR count). The molecule has 0 unspecified atom stereocenters.